The molecule has 2 fully saturated rings. The van der Waals surface area contributed by atoms with E-state index >= 15 is 0 Å². The summed E-state index contributed by atoms with van der Waals surface area (Å²) in [5, 5.41) is 7.84. The zero-order chi connectivity index (χ0) is 17.5. The van der Waals surface area contributed by atoms with Crippen molar-refractivity contribution in [1.82, 2.24) is 15.5 Å². The van der Waals surface area contributed by atoms with Gasteiger partial charge in [0.25, 0.3) is 0 Å². The molecule has 1 saturated carbocycles. The largest absolute Gasteiger partial charge is 0.354 e. The molecule has 2 N–H and O–H groups in total. The van der Waals surface area contributed by atoms with Gasteiger partial charge in [-0.05, 0) is 62.6 Å². The number of aliphatic imine (C=N–C) groups is 1. The number of hydrogen-bond donors (Lipinski definition) is 2. The molecule has 5 heteroatoms. The van der Waals surface area contributed by atoms with Crippen molar-refractivity contribution >= 4 is 17.7 Å². The lowest BCUT2D eigenvalue weighted by Crippen LogP contribution is -2.42. The molecule has 0 spiro atoms. The van der Waals surface area contributed by atoms with Gasteiger partial charge < -0.3 is 10.6 Å². The summed E-state index contributed by atoms with van der Waals surface area (Å²) in [6.07, 6.45) is 8.73. The van der Waals surface area contributed by atoms with E-state index in [0.29, 0.717) is 6.04 Å². The van der Waals surface area contributed by atoms with E-state index in [1.807, 2.05) is 18.8 Å². The molecule has 1 heterocycles. The Hall–Kier alpha value is -1.20. The Morgan fingerprint density at radius 1 is 1.16 bits per heavy atom. The predicted molar refractivity (Wildman–Crippen MR) is 109 cm³/mol. The molecular formula is C20H32N4S. The van der Waals surface area contributed by atoms with Crippen LogP contribution in [0.4, 0.5) is 0 Å². The molecule has 1 aliphatic carbocycles. The van der Waals surface area contributed by atoms with Gasteiger partial charge in [-0.25, -0.2) is 0 Å². The van der Waals surface area contributed by atoms with Crippen molar-refractivity contribution in [1.29, 1.82) is 0 Å². The first kappa shape index (κ1) is 18.6. The fraction of sp³-hybridized carbons (Fsp3) is 0.650. The van der Waals surface area contributed by atoms with Gasteiger partial charge in [0.1, 0.15) is 0 Å². The summed E-state index contributed by atoms with van der Waals surface area (Å²) in [6.45, 7) is 4.42. The quantitative estimate of drug-likeness (QED) is 0.603. The van der Waals surface area contributed by atoms with E-state index in [2.05, 4.69) is 51.0 Å². The van der Waals surface area contributed by atoms with Gasteiger partial charge in [-0.2, -0.15) is 11.8 Å². The van der Waals surface area contributed by atoms with Gasteiger partial charge in [-0.15, -0.1) is 0 Å². The second kappa shape index (κ2) is 9.48. The Balaban J connectivity index is 1.43. The minimum atomic E-state index is 0.562. The molecule has 0 aromatic heterocycles. The summed E-state index contributed by atoms with van der Waals surface area (Å²) in [5.41, 5.74) is 2.73. The third-order valence-corrected chi connectivity index (χ3v) is 6.46. The van der Waals surface area contributed by atoms with Crippen molar-refractivity contribution < 1.29 is 0 Å². The Morgan fingerprint density at radius 3 is 2.52 bits per heavy atom. The Kier molecular flexibility index (Phi) is 7.05. The van der Waals surface area contributed by atoms with Crippen molar-refractivity contribution in [2.24, 2.45) is 4.99 Å². The second-order valence-electron chi connectivity index (χ2n) is 7.24. The van der Waals surface area contributed by atoms with Crippen LogP contribution in [0.2, 0.25) is 0 Å². The molecule has 0 amide bonds. The van der Waals surface area contributed by atoms with Gasteiger partial charge in [0.15, 0.2) is 5.96 Å². The van der Waals surface area contributed by atoms with Crippen LogP contribution in [0.1, 0.15) is 43.2 Å². The van der Waals surface area contributed by atoms with Crippen LogP contribution in [0.25, 0.3) is 0 Å². The van der Waals surface area contributed by atoms with Gasteiger partial charge in [0.05, 0.1) is 0 Å². The van der Waals surface area contributed by atoms with Crippen molar-refractivity contribution in [2.75, 3.05) is 26.4 Å². The van der Waals surface area contributed by atoms with Gasteiger partial charge in [-0.1, -0.05) is 24.3 Å². The Bertz CT molecular complexity index is 551. The monoisotopic (exact) mass is 360 g/mol. The van der Waals surface area contributed by atoms with Crippen LogP contribution in [0.3, 0.4) is 0 Å². The van der Waals surface area contributed by atoms with E-state index in [1.165, 1.54) is 56.3 Å². The molecule has 2 unspecified atom stereocenters. The minimum absolute atomic E-state index is 0.562. The van der Waals surface area contributed by atoms with Crippen molar-refractivity contribution in [3.63, 3.8) is 0 Å². The Morgan fingerprint density at radius 2 is 1.88 bits per heavy atom. The molecule has 138 valence electrons. The lowest BCUT2D eigenvalue weighted by atomic mass is 10.1. The molecule has 3 rings (SSSR count). The summed E-state index contributed by atoms with van der Waals surface area (Å²) in [5.74, 6) is 0.924. The molecular weight excluding hydrogens is 328 g/mol. The van der Waals surface area contributed by atoms with E-state index < -0.39 is 0 Å². The normalized spacial score (nSPS) is 24.6. The highest BCUT2D eigenvalue weighted by molar-refractivity contribution is 7.99. The molecule has 0 radical (unpaired) electrons. The minimum Gasteiger partial charge on any atom is -0.354 e. The number of benzene rings is 1. The number of thioether (sulfide) groups is 1. The van der Waals surface area contributed by atoms with Gasteiger partial charge in [-0.3, -0.25) is 9.89 Å². The number of hydrogen-bond acceptors (Lipinski definition) is 3. The average Bonchev–Trinajstić information content (AvgIpc) is 3.31. The number of nitrogens with zero attached hydrogens (tertiary/aromatic N) is 2. The molecule has 1 aromatic rings. The zero-order valence-electron chi connectivity index (χ0n) is 15.6. The van der Waals surface area contributed by atoms with Gasteiger partial charge in [0.2, 0.25) is 0 Å². The van der Waals surface area contributed by atoms with Crippen LogP contribution in [0, 0.1) is 0 Å². The topological polar surface area (TPSA) is 39.7 Å². The highest BCUT2D eigenvalue weighted by atomic mass is 32.2. The number of guanidine groups is 1. The predicted octanol–water partition coefficient (Wildman–Crippen LogP) is 3.23. The summed E-state index contributed by atoms with van der Waals surface area (Å²) in [6, 6.07) is 9.58. The van der Waals surface area contributed by atoms with Crippen LogP contribution < -0.4 is 10.6 Å². The molecule has 0 bridgehead atoms. The maximum Gasteiger partial charge on any atom is 0.191 e. The first-order chi connectivity index (χ1) is 12.3. The Labute approximate surface area is 156 Å². The third-order valence-electron chi connectivity index (χ3n) is 5.37. The molecule has 1 saturated heterocycles. The number of nitrogens with one attached hydrogen (secondary N) is 2. The van der Waals surface area contributed by atoms with Crippen LogP contribution in [-0.4, -0.2) is 48.5 Å². The van der Waals surface area contributed by atoms with E-state index in [-0.39, 0.29) is 0 Å². The fourth-order valence-electron chi connectivity index (χ4n) is 3.82. The van der Waals surface area contributed by atoms with Crippen LogP contribution in [-0.2, 0) is 13.1 Å². The lowest BCUT2D eigenvalue weighted by molar-refractivity contribution is 0.331. The maximum absolute atomic E-state index is 4.38. The summed E-state index contributed by atoms with van der Waals surface area (Å²) < 4.78 is 0. The van der Waals surface area contributed by atoms with Crippen molar-refractivity contribution in [2.45, 2.75) is 56.5 Å². The summed E-state index contributed by atoms with van der Waals surface area (Å²) in [4.78, 5) is 6.93. The molecule has 4 nitrogen and oxygen atoms in total. The van der Waals surface area contributed by atoms with E-state index in [9.17, 15) is 0 Å². The molecule has 25 heavy (non-hydrogen) atoms. The van der Waals surface area contributed by atoms with Crippen molar-refractivity contribution in [3.05, 3.63) is 35.4 Å². The van der Waals surface area contributed by atoms with E-state index in [1.54, 1.807) is 0 Å². The van der Waals surface area contributed by atoms with Gasteiger partial charge >= 0.3 is 0 Å². The fourth-order valence-corrected chi connectivity index (χ4v) is 4.62. The third kappa shape index (κ3) is 5.65. The zero-order valence-corrected chi connectivity index (χ0v) is 16.4. The highest BCUT2D eigenvalue weighted by Gasteiger charge is 2.24. The summed E-state index contributed by atoms with van der Waals surface area (Å²) >= 11 is 1.99. The standard InChI is InChI=1S/C20H32N4S/c1-21-20(23-18-9-10-19(13-18)25-2)22-14-16-5-7-17(8-6-16)15-24-11-3-4-12-24/h5-8,18-19H,3-4,9-15H2,1-2H3,(H2,21,22,23). The average molecular weight is 361 g/mol. The van der Waals surface area contributed by atoms with E-state index in [0.717, 1.165) is 24.3 Å². The molecule has 2 atom stereocenters. The first-order valence-electron chi connectivity index (χ1n) is 9.57. The van der Waals surface area contributed by atoms with Crippen LogP contribution >= 0.6 is 11.8 Å². The number of rotatable bonds is 6. The molecule has 1 aliphatic heterocycles. The lowest BCUT2D eigenvalue weighted by Gasteiger charge is -2.18. The first-order valence-corrected chi connectivity index (χ1v) is 10.9. The van der Waals surface area contributed by atoms with Crippen LogP contribution in [0.5, 0.6) is 0 Å². The molecule has 2 aliphatic rings. The summed E-state index contributed by atoms with van der Waals surface area (Å²) in [7, 11) is 1.86. The van der Waals surface area contributed by atoms with E-state index in [4.69, 9.17) is 0 Å². The number of likely N-dealkylation sites (tertiary alicyclic amines) is 1. The van der Waals surface area contributed by atoms with Gasteiger partial charge in [0, 0.05) is 31.4 Å². The SMILES string of the molecule is CN=C(NCc1ccc(CN2CCCC2)cc1)NC1CCC(SC)C1. The highest BCUT2D eigenvalue weighted by Crippen LogP contribution is 2.28. The second-order valence-corrected chi connectivity index (χ2v) is 8.38. The van der Waals surface area contributed by atoms with Crippen LogP contribution in [0.15, 0.2) is 29.3 Å². The van der Waals surface area contributed by atoms with Crippen molar-refractivity contribution in [3.8, 4) is 0 Å². The maximum atomic E-state index is 4.38. The smallest absolute Gasteiger partial charge is 0.191 e. The molecule has 1 aromatic carbocycles.